The molecule has 2 amide bonds. The number of nitrogens with zero attached hydrogens (tertiary/aromatic N) is 1. The van der Waals surface area contributed by atoms with Crippen LogP contribution in [0.4, 0.5) is 4.79 Å². The summed E-state index contributed by atoms with van der Waals surface area (Å²) in [6, 6.07) is 29.7. The van der Waals surface area contributed by atoms with Crippen LogP contribution in [0.25, 0.3) is 10.9 Å². The average Bonchev–Trinajstić information content (AvgIpc) is 3.43. The Bertz CT molecular complexity index is 1700. The molecule has 5 aromatic rings. The summed E-state index contributed by atoms with van der Waals surface area (Å²) in [4.78, 5) is 29.2. The molecule has 0 fully saturated rings. The van der Waals surface area contributed by atoms with Crippen LogP contribution < -0.4 is 15.5 Å². The number of aromatic amines is 1. The van der Waals surface area contributed by atoms with Crippen molar-refractivity contribution in [2.24, 2.45) is 5.10 Å². The lowest BCUT2D eigenvalue weighted by atomic mass is 10.0. The van der Waals surface area contributed by atoms with Gasteiger partial charge in [0.05, 0.1) is 15.2 Å². The van der Waals surface area contributed by atoms with E-state index in [2.05, 4.69) is 52.7 Å². The lowest BCUT2D eigenvalue weighted by Crippen LogP contribution is -2.47. The van der Waals surface area contributed by atoms with Gasteiger partial charge < -0.3 is 19.8 Å². The minimum atomic E-state index is -0.938. The molecule has 43 heavy (non-hydrogen) atoms. The number of fused-ring (bicyclic) bond motifs is 1. The predicted octanol–water partition coefficient (Wildman–Crippen LogP) is 7.26. The Morgan fingerprint density at radius 1 is 0.860 bits per heavy atom. The highest BCUT2D eigenvalue weighted by Gasteiger charge is 2.23. The molecule has 4 aromatic carbocycles. The topological polar surface area (TPSA) is 105 Å². The van der Waals surface area contributed by atoms with Gasteiger partial charge in [-0.05, 0) is 72.3 Å². The lowest BCUT2D eigenvalue weighted by molar-refractivity contribution is -0.123. The second-order valence-electron chi connectivity index (χ2n) is 9.64. The second-order valence-corrected chi connectivity index (χ2v) is 11.4. The van der Waals surface area contributed by atoms with E-state index in [1.165, 1.54) is 6.21 Å². The molecule has 0 spiro atoms. The van der Waals surface area contributed by atoms with Crippen molar-refractivity contribution in [3.8, 4) is 5.75 Å². The summed E-state index contributed by atoms with van der Waals surface area (Å²) in [5.74, 6) is 0.168. The van der Waals surface area contributed by atoms with E-state index >= 15 is 0 Å². The molecular formula is C33H28Br2N4O4. The maximum absolute atomic E-state index is 13.3. The van der Waals surface area contributed by atoms with E-state index in [-0.39, 0.29) is 13.0 Å². The van der Waals surface area contributed by atoms with Crippen LogP contribution in [0.3, 0.4) is 0 Å². The first kappa shape index (κ1) is 30.1. The molecule has 0 unspecified atom stereocenters. The van der Waals surface area contributed by atoms with Gasteiger partial charge in [0.15, 0.2) is 0 Å². The summed E-state index contributed by atoms with van der Waals surface area (Å²) in [5, 5.41) is 7.82. The molecule has 3 N–H and O–H groups in total. The molecule has 1 heterocycles. The van der Waals surface area contributed by atoms with Crippen LogP contribution in [0.15, 0.2) is 117 Å². The van der Waals surface area contributed by atoms with Crippen molar-refractivity contribution in [1.29, 1.82) is 0 Å². The number of halogens is 2. The number of aromatic nitrogens is 1. The molecule has 0 aliphatic rings. The van der Waals surface area contributed by atoms with Gasteiger partial charge in [-0.15, -0.1) is 0 Å². The number of para-hydroxylation sites is 1. The molecule has 8 nitrogen and oxygen atoms in total. The Morgan fingerprint density at radius 2 is 1.49 bits per heavy atom. The number of amides is 2. The molecule has 0 saturated carbocycles. The van der Waals surface area contributed by atoms with E-state index in [0.717, 1.165) is 42.1 Å². The van der Waals surface area contributed by atoms with Crippen molar-refractivity contribution in [1.82, 2.24) is 15.7 Å². The molecule has 1 atom stereocenters. The Kier molecular flexibility index (Phi) is 10.2. The molecule has 5 rings (SSSR count). The van der Waals surface area contributed by atoms with Crippen molar-refractivity contribution in [3.05, 3.63) is 134 Å². The van der Waals surface area contributed by atoms with Crippen LogP contribution in [-0.4, -0.2) is 29.2 Å². The Labute approximate surface area is 265 Å². The highest BCUT2D eigenvalue weighted by Crippen LogP contribution is 2.35. The first-order chi connectivity index (χ1) is 21.0. The normalized spacial score (nSPS) is 11.8. The third kappa shape index (κ3) is 8.33. The first-order valence-electron chi connectivity index (χ1n) is 13.5. The van der Waals surface area contributed by atoms with Crippen LogP contribution in [0.1, 0.15) is 22.3 Å². The third-order valence-electron chi connectivity index (χ3n) is 6.56. The van der Waals surface area contributed by atoms with Gasteiger partial charge in [0.1, 0.15) is 25.0 Å². The second kappa shape index (κ2) is 14.7. The van der Waals surface area contributed by atoms with E-state index in [4.69, 9.17) is 9.47 Å². The van der Waals surface area contributed by atoms with Gasteiger partial charge in [0.2, 0.25) is 0 Å². The fourth-order valence-corrected chi connectivity index (χ4v) is 5.86. The summed E-state index contributed by atoms with van der Waals surface area (Å²) >= 11 is 7.12. The van der Waals surface area contributed by atoms with Crippen molar-refractivity contribution in [2.45, 2.75) is 25.7 Å². The largest absolute Gasteiger partial charge is 0.487 e. The zero-order valence-electron chi connectivity index (χ0n) is 22.9. The van der Waals surface area contributed by atoms with E-state index in [1.54, 1.807) is 0 Å². The first-order valence-corrected chi connectivity index (χ1v) is 15.1. The highest BCUT2D eigenvalue weighted by atomic mass is 79.9. The minimum absolute atomic E-state index is 0.0844. The van der Waals surface area contributed by atoms with Crippen LogP contribution >= 0.6 is 31.9 Å². The highest BCUT2D eigenvalue weighted by molar-refractivity contribution is 9.11. The standard InChI is InChI=1S/C33H28Br2N4O4/c34-27-15-24(16-28(35)31(27)42-20-22-9-3-1-4-10-22)18-37-39-32(40)30(17-25-19-36-29-14-8-7-13-26(25)29)38-33(41)43-21-23-11-5-2-6-12-23/h1-16,18-19,30,36H,17,20-21H2,(H,38,41)(H,39,40)/b37-18-/t30-/m0/s1. The Morgan fingerprint density at radius 3 is 2.19 bits per heavy atom. The van der Waals surface area contributed by atoms with Gasteiger partial charge in [-0.2, -0.15) is 5.10 Å². The maximum Gasteiger partial charge on any atom is 0.408 e. The van der Waals surface area contributed by atoms with E-state index in [1.807, 2.05) is 103 Å². The monoisotopic (exact) mass is 702 g/mol. The van der Waals surface area contributed by atoms with Crippen molar-refractivity contribution < 1.29 is 19.1 Å². The van der Waals surface area contributed by atoms with Gasteiger partial charge in [0, 0.05) is 23.5 Å². The number of alkyl carbamates (subject to hydrolysis) is 1. The van der Waals surface area contributed by atoms with E-state index in [0.29, 0.717) is 12.4 Å². The number of carbonyl (C=O) groups is 2. The Balaban J connectivity index is 1.25. The average molecular weight is 704 g/mol. The molecule has 0 aliphatic carbocycles. The molecule has 218 valence electrons. The summed E-state index contributed by atoms with van der Waals surface area (Å²) in [6.45, 7) is 0.501. The fourth-order valence-electron chi connectivity index (χ4n) is 4.41. The van der Waals surface area contributed by atoms with E-state index in [9.17, 15) is 9.59 Å². The number of ether oxygens (including phenoxy) is 2. The number of hydrazone groups is 1. The number of carbonyl (C=O) groups excluding carboxylic acids is 2. The third-order valence-corrected chi connectivity index (χ3v) is 7.73. The minimum Gasteiger partial charge on any atom is -0.487 e. The van der Waals surface area contributed by atoms with Gasteiger partial charge in [-0.1, -0.05) is 78.9 Å². The van der Waals surface area contributed by atoms with Gasteiger partial charge in [0.25, 0.3) is 5.91 Å². The summed E-state index contributed by atoms with van der Waals surface area (Å²) < 4.78 is 12.8. The van der Waals surface area contributed by atoms with E-state index < -0.39 is 18.0 Å². The van der Waals surface area contributed by atoms with Crippen LogP contribution in [0, 0.1) is 0 Å². The number of benzene rings is 4. The fraction of sp³-hybridized carbons (Fsp3) is 0.121. The van der Waals surface area contributed by atoms with Gasteiger partial charge in [-0.25, -0.2) is 10.2 Å². The zero-order chi connectivity index (χ0) is 30.0. The summed E-state index contributed by atoms with van der Waals surface area (Å²) in [5.41, 5.74) is 6.98. The molecule has 0 bridgehead atoms. The molecule has 0 saturated heterocycles. The number of hydrogen-bond donors (Lipinski definition) is 3. The van der Waals surface area contributed by atoms with Gasteiger partial charge >= 0.3 is 6.09 Å². The van der Waals surface area contributed by atoms with Crippen molar-refractivity contribution >= 4 is 61.0 Å². The number of hydrogen-bond acceptors (Lipinski definition) is 5. The quantitative estimate of drug-likeness (QED) is 0.0995. The SMILES string of the molecule is O=C(N[C@@H](Cc1c[nH]c2ccccc12)C(=O)N/N=C\c1cc(Br)c(OCc2ccccc2)c(Br)c1)OCc1ccccc1. The number of nitrogens with one attached hydrogen (secondary N) is 3. The lowest BCUT2D eigenvalue weighted by Gasteiger charge is -2.17. The smallest absolute Gasteiger partial charge is 0.408 e. The predicted molar refractivity (Wildman–Crippen MR) is 174 cm³/mol. The molecule has 0 radical (unpaired) electrons. The van der Waals surface area contributed by atoms with Crippen LogP contribution in [0.2, 0.25) is 0 Å². The Hall–Kier alpha value is -4.41. The van der Waals surface area contributed by atoms with Crippen LogP contribution in [0.5, 0.6) is 5.75 Å². The summed E-state index contributed by atoms with van der Waals surface area (Å²) in [7, 11) is 0. The molecule has 0 aliphatic heterocycles. The molecule has 1 aromatic heterocycles. The van der Waals surface area contributed by atoms with Crippen molar-refractivity contribution in [2.75, 3.05) is 0 Å². The van der Waals surface area contributed by atoms with Crippen LogP contribution in [-0.2, 0) is 29.2 Å². The number of rotatable bonds is 11. The van der Waals surface area contributed by atoms with Gasteiger partial charge in [-0.3, -0.25) is 4.79 Å². The summed E-state index contributed by atoms with van der Waals surface area (Å²) in [6.07, 6.45) is 2.88. The van der Waals surface area contributed by atoms with Crippen molar-refractivity contribution in [3.63, 3.8) is 0 Å². The molecular weight excluding hydrogens is 676 g/mol. The zero-order valence-corrected chi connectivity index (χ0v) is 26.1. The molecule has 10 heteroatoms. The number of H-pyrrole nitrogens is 1. The maximum atomic E-state index is 13.3.